The van der Waals surface area contributed by atoms with E-state index in [0.717, 1.165) is 6.42 Å². The summed E-state index contributed by atoms with van der Waals surface area (Å²) in [6, 6.07) is 6.31. The Morgan fingerprint density at radius 3 is 2.67 bits per heavy atom. The highest BCUT2D eigenvalue weighted by molar-refractivity contribution is 5.80. The molecule has 0 spiro atoms. The minimum Gasteiger partial charge on any atom is -0.368 e. The molecule has 1 aromatic carbocycles. The number of amides is 1. The fourth-order valence-electron chi connectivity index (χ4n) is 1.88. The number of benzene rings is 1. The lowest BCUT2D eigenvalue weighted by Gasteiger charge is -2.21. The Balaban J connectivity index is 2.49. The summed E-state index contributed by atoms with van der Waals surface area (Å²) in [6.45, 7) is 4.53. The fourth-order valence-corrected chi connectivity index (χ4v) is 1.88. The predicted molar refractivity (Wildman–Crippen MR) is 70.5 cm³/mol. The second-order valence-electron chi connectivity index (χ2n) is 4.56. The van der Waals surface area contributed by atoms with Crippen molar-refractivity contribution in [2.24, 2.45) is 11.7 Å². The Labute approximate surface area is 108 Å². The van der Waals surface area contributed by atoms with Crippen LogP contribution in [0.4, 0.5) is 4.39 Å². The van der Waals surface area contributed by atoms with Crippen LogP contribution in [0.1, 0.15) is 25.8 Å². The molecule has 1 aromatic rings. The standard InChI is InChI=1S/C14H21FN2O/c1-3-10(2)13(14(16)18)17-9-8-11-6-4-5-7-12(11)15/h4-7,10,13,17H,3,8-9H2,1-2H3,(H2,16,18)/t10?,13-/m0/s1. The molecule has 0 saturated carbocycles. The Kier molecular flexibility index (Phi) is 5.78. The molecule has 4 heteroatoms. The van der Waals surface area contributed by atoms with Crippen LogP contribution in [0.2, 0.25) is 0 Å². The Morgan fingerprint density at radius 2 is 2.11 bits per heavy atom. The first-order valence-electron chi connectivity index (χ1n) is 6.32. The molecule has 0 fully saturated rings. The topological polar surface area (TPSA) is 55.1 Å². The summed E-state index contributed by atoms with van der Waals surface area (Å²) < 4.78 is 13.4. The van der Waals surface area contributed by atoms with E-state index in [0.29, 0.717) is 18.5 Å². The second-order valence-corrected chi connectivity index (χ2v) is 4.56. The molecule has 0 aliphatic carbocycles. The monoisotopic (exact) mass is 252 g/mol. The normalized spacial score (nSPS) is 14.2. The van der Waals surface area contributed by atoms with Crippen molar-refractivity contribution in [2.75, 3.05) is 6.54 Å². The number of hydrogen-bond acceptors (Lipinski definition) is 2. The van der Waals surface area contributed by atoms with Gasteiger partial charge in [-0.25, -0.2) is 4.39 Å². The zero-order valence-electron chi connectivity index (χ0n) is 10.9. The van der Waals surface area contributed by atoms with E-state index in [1.54, 1.807) is 18.2 Å². The van der Waals surface area contributed by atoms with Crippen molar-refractivity contribution in [1.29, 1.82) is 0 Å². The maximum atomic E-state index is 13.4. The maximum absolute atomic E-state index is 13.4. The third-order valence-electron chi connectivity index (χ3n) is 3.24. The molecule has 0 aromatic heterocycles. The molecule has 1 rings (SSSR count). The highest BCUT2D eigenvalue weighted by Gasteiger charge is 2.20. The van der Waals surface area contributed by atoms with Crippen LogP contribution in [0.25, 0.3) is 0 Å². The van der Waals surface area contributed by atoms with Gasteiger partial charge in [-0.2, -0.15) is 0 Å². The molecule has 100 valence electrons. The Bertz CT molecular complexity index is 395. The molecule has 0 aliphatic heterocycles. The number of carbonyl (C=O) groups excluding carboxylic acids is 1. The molecule has 3 N–H and O–H groups in total. The van der Waals surface area contributed by atoms with E-state index in [2.05, 4.69) is 5.32 Å². The highest BCUT2D eigenvalue weighted by atomic mass is 19.1. The van der Waals surface area contributed by atoms with Crippen molar-refractivity contribution < 1.29 is 9.18 Å². The minimum absolute atomic E-state index is 0.183. The van der Waals surface area contributed by atoms with Crippen molar-refractivity contribution in [3.8, 4) is 0 Å². The van der Waals surface area contributed by atoms with Gasteiger partial charge in [0.05, 0.1) is 6.04 Å². The summed E-state index contributed by atoms with van der Waals surface area (Å²) in [4.78, 5) is 11.3. The molecule has 0 aliphatic rings. The summed E-state index contributed by atoms with van der Waals surface area (Å²) in [5, 5.41) is 3.10. The molecular formula is C14H21FN2O. The largest absolute Gasteiger partial charge is 0.368 e. The van der Waals surface area contributed by atoms with Crippen LogP contribution in [0.3, 0.4) is 0 Å². The number of carbonyl (C=O) groups is 1. The maximum Gasteiger partial charge on any atom is 0.234 e. The van der Waals surface area contributed by atoms with Crippen molar-refractivity contribution in [2.45, 2.75) is 32.7 Å². The number of primary amides is 1. The van der Waals surface area contributed by atoms with Gasteiger partial charge in [0.15, 0.2) is 0 Å². The van der Waals surface area contributed by atoms with Gasteiger partial charge in [-0.15, -0.1) is 0 Å². The quantitative estimate of drug-likeness (QED) is 0.778. The number of nitrogens with one attached hydrogen (secondary N) is 1. The smallest absolute Gasteiger partial charge is 0.234 e. The molecule has 2 atom stereocenters. The third kappa shape index (κ3) is 4.11. The zero-order valence-corrected chi connectivity index (χ0v) is 10.9. The van der Waals surface area contributed by atoms with Crippen molar-refractivity contribution in [3.63, 3.8) is 0 Å². The van der Waals surface area contributed by atoms with Crippen molar-refractivity contribution in [3.05, 3.63) is 35.6 Å². The fraction of sp³-hybridized carbons (Fsp3) is 0.500. The van der Waals surface area contributed by atoms with Crippen LogP contribution in [0, 0.1) is 11.7 Å². The summed E-state index contributed by atoms with van der Waals surface area (Å²) >= 11 is 0. The Morgan fingerprint density at radius 1 is 1.44 bits per heavy atom. The van der Waals surface area contributed by atoms with Gasteiger partial charge in [-0.3, -0.25) is 4.79 Å². The minimum atomic E-state index is -0.349. The van der Waals surface area contributed by atoms with Gasteiger partial charge >= 0.3 is 0 Å². The first kappa shape index (κ1) is 14.6. The number of hydrogen-bond donors (Lipinski definition) is 2. The SMILES string of the molecule is CCC(C)[C@H](NCCc1ccccc1F)C(N)=O. The van der Waals surface area contributed by atoms with Crippen LogP contribution < -0.4 is 11.1 Å². The average Bonchev–Trinajstić information content (AvgIpc) is 2.35. The van der Waals surface area contributed by atoms with Crippen LogP contribution in [-0.4, -0.2) is 18.5 Å². The van der Waals surface area contributed by atoms with Gasteiger partial charge in [0.1, 0.15) is 5.82 Å². The van der Waals surface area contributed by atoms with Gasteiger partial charge in [0.2, 0.25) is 5.91 Å². The first-order chi connectivity index (χ1) is 8.56. The number of nitrogens with two attached hydrogens (primary N) is 1. The van der Waals surface area contributed by atoms with E-state index in [4.69, 9.17) is 5.73 Å². The van der Waals surface area contributed by atoms with E-state index in [1.165, 1.54) is 6.07 Å². The molecular weight excluding hydrogens is 231 g/mol. The molecule has 0 radical (unpaired) electrons. The number of halogens is 1. The molecule has 0 saturated heterocycles. The summed E-state index contributed by atoms with van der Waals surface area (Å²) in [5.41, 5.74) is 6.00. The van der Waals surface area contributed by atoms with E-state index in [-0.39, 0.29) is 23.7 Å². The molecule has 1 unspecified atom stereocenters. The van der Waals surface area contributed by atoms with Crippen molar-refractivity contribution >= 4 is 5.91 Å². The summed E-state index contributed by atoms with van der Waals surface area (Å²) in [7, 11) is 0. The lowest BCUT2D eigenvalue weighted by atomic mass is 9.98. The zero-order chi connectivity index (χ0) is 13.5. The van der Waals surface area contributed by atoms with E-state index >= 15 is 0 Å². The molecule has 3 nitrogen and oxygen atoms in total. The van der Waals surface area contributed by atoms with E-state index in [1.807, 2.05) is 13.8 Å². The predicted octanol–water partition coefficient (Wildman–Crippen LogP) is 1.86. The lowest BCUT2D eigenvalue weighted by molar-refractivity contribution is -0.121. The third-order valence-corrected chi connectivity index (χ3v) is 3.24. The second kappa shape index (κ2) is 7.11. The molecule has 1 amide bonds. The van der Waals surface area contributed by atoms with Gasteiger partial charge in [-0.1, -0.05) is 38.5 Å². The van der Waals surface area contributed by atoms with Crippen LogP contribution >= 0.6 is 0 Å². The summed E-state index contributed by atoms with van der Waals surface area (Å²) in [6.07, 6.45) is 1.42. The Hall–Kier alpha value is -1.42. The van der Waals surface area contributed by atoms with E-state index in [9.17, 15) is 9.18 Å². The van der Waals surface area contributed by atoms with Gasteiger partial charge < -0.3 is 11.1 Å². The molecule has 0 bridgehead atoms. The van der Waals surface area contributed by atoms with Gasteiger partial charge in [0, 0.05) is 6.54 Å². The molecule has 18 heavy (non-hydrogen) atoms. The van der Waals surface area contributed by atoms with Gasteiger partial charge in [0.25, 0.3) is 0 Å². The van der Waals surface area contributed by atoms with Crippen LogP contribution in [0.15, 0.2) is 24.3 Å². The van der Waals surface area contributed by atoms with Gasteiger partial charge in [-0.05, 0) is 24.0 Å². The van der Waals surface area contributed by atoms with Crippen LogP contribution in [0.5, 0.6) is 0 Å². The lowest BCUT2D eigenvalue weighted by Crippen LogP contribution is -2.46. The van der Waals surface area contributed by atoms with Crippen LogP contribution in [-0.2, 0) is 11.2 Å². The summed E-state index contributed by atoms with van der Waals surface area (Å²) in [5.74, 6) is -0.375. The van der Waals surface area contributed by atoms with Crippen molar-refractivity contribution in [1.82, 2.24) is 5.32 Å². The highest BCUT2D eigenvalue weighted by Crippen LogP contribution is 2.09. The molecule has 0 heterocycles. The average molecular weight is 252 g/mol. The number of rotatable bonds is 7. The first-order valence-corrected chi connectivity index (χ1v) is 6.32. The van der Waals surface area contributed by atoms with E-state index < -0.39 is 0 Å².